The molecule has 1 saturated carbocycles. The summed E-state index contributed by atoms with van der Waals surface area (Å²) in [5, 5.41) is 0. The Morgan fingerprint density at radius 1 is 1.33 bits per heavy atom. The molecule has 0 saturated heterocycles. The maximum atomic E-state index is 6.16. The number of aromatic nitrogens is 2. The van der Waals surface area contributed by atoms with Gasteiger partial charge in [0.1, 0.15) is 5.82 Å². The highest BCUT2D eigenvalue weighted by Gasteiger charge is 2.25. The van der Waals surface area contributed by atoms with Gasteiger partial charge in [-0.2, -0.15) is 0 Å². The predicted molar refractivity (Wildman–Crippen MR) is 74.5 cm³/mol. The molecule has 3 heteroatoms. The van der Waals surface area contributed by atoms with E-state index in [0.29, 0.717) is 5.92 Å². The van der Waals surface area contributed by atoms with Crippen molar-refractivity contribution >= 4 is 11.0 Å². The van der Waals surface area contributed by atoms with E-state index in [-0.39, 0.29) is 5.54 Å². The molecule has 1 aliphatic carbocycles. The fraction of sp³-hybridized carbons (Fsp3) is 0.533. The zero-order chi connectivity index (χ0) is 12.9. The fourth-order valence-corrected chi connectivity index (χ4v) is 2.65. The monoisotopic (exact) mass is 243 g/mol. The van der Waals surface area contributed by atoms with E-state index in [0.717, 1.165) is 11.1 Å². The van der Waals surface area contributed by atoms with Crippen LogP contribution in [-0.4, -0.2) is 9.55 Å². The van der Waals surface area contributed by atoms with Crippen molar-refractivity contribution in [3.8, 4) is 0 Å². The standard InChI is InChI=1S/C15H21N3/c1-15(2,16)11-7-8-13-12(9-11)17-14(18(13)3)10-5-4-6-10/h7-10H,4-6,16H2,1-3H3. The minimum absolute atomic E-state index is 0.303. The van der Waals surface area contributed by atoms with Gasteiger partial charge in [-0.25, -0.2) is 4.98 Å². The second kappa shape index (κ2) is 3.82. The molecule has 96 valence electrons. The summed E-state index contributed by atoms with van der Waals surface area (Å²) in [5.41, 5.74) is 9.29. The smallest absolute Gasteiger partial charge is 0.112 e. The third kappa shape index (κ3) is 1.74. The highest BCUT2D eigenvalue weighted by atomic mass is 15.1. The Bertz CT molecular complexity index is 586. The van der Waals surface area contributed by atoms with Crippen molar-refractivity contribution in [3.63, 3.8) is 0 Å². The average Bonchev–Trinajstić information content (AvgIpc) is 2.52. The van der Waals surface area contributed by atoms with Gasteiger partial charge >= 0.3 is 0 Å². The average molecular weight is 243 g/mol. The Kier molecular flexibility index (Phi) is 2.49. The molecule has 0 bridgehead atoms. The van der Waals surface area contributed by atoms with Gasteiger partial charge in [0.2, 0.25) is 0 Å². The molecular formula is C15H21N3. The first kappa shape index (κ1) is 11.7. The number of aryl methyl sites for hydroxylation is 1. The summed E-state index contributed by atoms with van der Waals surface area (Å²) in [4.78, 5) is 4.82. The number of nitrogens with two attached hydrogens (primary N) is 1. The molecule has 0 unspecified atom stereocenters. The van der Waals surface area contributed by atoms with Gasteiger partial charge in [0.25, 0.3) is 0 Å². The highest BCUT2D eigenvalue weighted by Crippen LogP contribution is 2.37. The molecule has 2 aromatic rings. The molecule has 3 nitrogen and oxygen atoms in total. The van der Waals surface area contributed by atoms with Gasteiger partial charge in [-0.3, -0.25) is 0 Å². The molecule has 1 aromatic heterocycles. The van der Waals surface area contributed by atoms with Gasteiger partial charge in [0, 0.05) is 18.5 Å². The zero-order valence-corrected chi connectivity index (χ0v) is 11.4. The quantitative estimate of drug-likeness (QED) is 0.881. The predicted octanol–water partition coefficient (Wildman–Crippen LogP) is 3.03. The molecule has 1 fully saturated rings. The van der Waals surface area contributed by atoms with Gasteiger partial charge in [-0.15, -0.1) is 0 Å². The Labute approximate surface area is 108 Å². The lowest BCUT2D eigenvalue weighted by molar-refractivity contribution is 0.395. The third-order valence-corrected chi connectivity index (χ3v) is 4.13. The van der Waals surface area contributed by atoms with E-state index in [2.05, 4.69) is 29.8 Å². The van der Waals surface area contributed by atoms with Crippen LogP contribution in [-0.2, 0) is 12.6 Å². The van der Waals surface area contributed by atoms with Crippen molar-refractivity contribution in [2.75, 3.05) is 0 Å². The molecule has 2 N–H and O–H groups in total. The lowest BCUT2D eigenvalue weighted by atomic mass is 9.85. The lowest BCUT2D eigenvalue weighted by Crippen LogP contribution is -2.28. The Morgan fingerprint density at radius 3 is 2.61 bits per heavy atom. The summed E-state index contributed by atoms with van der Waals surface area (Å²) in [6.07, 6.45) is 3.91. The van der Waals surface area contributed by atoms with Crippen LogP contribution in [0.5, 0.6) is 0 Å². The molecule has 3 rings (SSSR count). The summed E-state index contributed by atoms with van der Waals surface area (Å²) in [5.74, 6) is 1.90. The van der Waals surface area contributed by atoms with Crippen LogP contribution in [0.2, 0.25) is 0 Å². The molecule has 0 aliphatic heterocycles. The second-order valence-corrected chi connectivity index (χ2v) is 6.08. The van der Waals surface area contributed by atoms with E-state index >= 15 is 0 Å². The van der Waals surface area contributed by atoms with Gasteiger partial charge < -0.3 is 10.3 Å². The summed E-state index contributed by atoms with van der Waals surface area (Å²) in [7, 11) is 2.12. The van der Waals surface area contributed by atoms with Crippen LogP contribution in [0, 0.1) is 0 Å². The van der Waals surface area contributed by atoms with Crippen molar-refractivity contribution in [2.24, 2.45) is 12.8 Å². The Hall–Kier alpha value is -1.35. The number of nitrogens with zero attached hydrogens (tertiary/aromatic N) is 2. The molecule has 1 aromatic carbocycles. The third-order valence-electron chi connectivity index (χ3n) is 4.13. The molecule has 0 atom stereocenters. The van der Waals surface area contributed by atoms with E-state index in [1.165, 1.54) is 30.6 Å². The number of rotatable bonds is 2. The summed E-state index contributed by atoms with van der Waals surface area (Å²) in [6, 6.07) is 6.40. The van der Waals surface area contributed by atoms with Crippen LogP contribution in [0.25, 0.3) is 11.0 Å². The zero-order valence-electron chi connectivity index (χ0n) is 11.4. The molecule has 0 amide bonds. The van der Waals surface area contributed by atoms with Crippen LogP contribution in [0.3, 0.4) is 0 Å². The van der Waals surface area contributed by atoms with Crippen molar-refractivity contribution in [1.82, 2.24) is 9.55 Å². The normalized spacial score (nSPS) is 17.1. The van der Waals surface area contributed by atoms with Crippen molar-refractivity contribution in [1.29, 1.82) is 0 Å². The first-order chi connectivity index (χ1) is 8.47. The number of hydrogen-bond donors (Lipinski definition) is 1. The van der Waals surface area contributed by atoms with Crippen LogP contribution < -0.4 is 5.73 Å². The first-order valence-corrected chi connectivity index (χ1v) is 6.72. The number of hydrogen-bond acceptors (Lipinski definition) is 2. The molecule has 1 heterocycles. The largest absolute Gasteiger partial charge is 0.331 e. The van der Waals surface area contributed by atoms with Crippen molar-refractivity contribution in [2.45, 2.75) is 44.6 Å². The van der Waals surface area contributed by atoms with Crippen LogP contribution in [0.4, 0.5) is 0 Å². The van der Waals surface area contributed by atoms with Crippen molar-refractivity contribution < 1.29 is 0 Å². The van der Waals surface area contributed by atoms with E-state index in [1.54, 1.807) is 0 Å². The number of benzene rings is 1. The highest BCUT2D eigenvalue weighted by molar-refractivity contribution is 5.77. The lowest BCUT2D eigenvalue weighted by Gasteiger charge is -2.24. The molecule has 0 radical (unpaired) electrons. The first-order valence-electron chi connectivity index (χ1n) is 6.72. The van der Waals surface area contributed by atoms with Crippen LogP contribution >= 0.6 is 0 Å². The second-order valence-electron chi connectivity index (χ2n) is 6.08. The van der Waals surface area contributed by atoms with Gasteiger partial charge in [0.15, 0.2) is 0 Å². The van der Waals surface area contributed by atoms with Crippen LogP contribution in [0.1, 0.15) is 50.4 Å². The number of fused-ring (bicyclic) bond motifs is 1. The summed E-state index contributed by atoms with van der Waals surface area (Å²) >= 11 is 0. The van der Waals surface area contributed by atoms with Crippen LogP contribution in [0.15, 0.2) is 18.2 Å². The summed E-state index contributed by atoms with van der Waals surface area (Å²) < 4.78 is 2.24. The van der Waals surface area contributed by atoms with E-state index in [1.807, 2.05) is 13.8 Å². The minimum Gasteiger partial charge on any atom is -0.331 e. The van der Waals surface area contributed by atoms with E-state index in [4.69, 9.17) is 10.7 Å². The Morgan fingerprint density at radius 2 is 2.06 bits per heavy atom. The van der Waals surface area contributed by atoms with E-state index in [9.17, 15) is 0 Å². The number of imidazole rings is 1. The Balaban J connectivity index is 2.12. The molecule has 1 aliphatic rings. The van der Waals surface area contributed by atoms with Gasteiger partial charge in [0.05, 0.1) is 11.0 Å². The van der Waals surface area contributed by atoms with Gasteiger partial charge in [-0.1, -0.05) is 12.5 Å². The topological polar surface area (TPSA) is 43.8 Å². The molecular weight excluding hydrogens is 222 g/mol. The van der Waals surface area contributed by atoms with Gasteiger partial charge in [-0.05, 0) is 44.4 Å². The summed E-state index contributed by atoms with van der Waals surface area (Å²) in [6.45, 7) is 4.06. The molecule has 18 heavy (non-hydrogen) atoms. The fourth-order valence-electron chi connectivity index (χ4n) is 2.65. The maximum absolute atomic E-state index is 6.16. The van der Waals surface area contributed by atoms with E-state index < -0.39 is 0 Å². The molecule has 0 spiro atoms. The van der Waals surface area contributed by atoms with Crippen molar-refractivity contribution in [3.05, 3.63) is 29.6 Å². The SMILES string of the molecule is Cn1c(C2CCC2)nc2cc(C(C)(C)N)ccc21. The minimum atomic E-state index is -0.303. The maximum Gasteiger partial charge on any atom is 0.112 e.